The summed E-state index contributed by atoms with van der Waals surface area (Å²) in [6, 6.07) is 18.9. The first-order chi connectivity index (χ1) is 13.5. The fraction of sp³-hybridized carbons (Fsp3) is 0.0455. The molecule has 0 bridgehead atoms. The maximum Gasteiger partial charge on any atom is 0.266 e. The number of rotatable bonds is 3. The number of nitrogens with one attached hydrogen (secondary N) is 1. The molecular weight excluding hydrogens is 420 g/mol. The zero-order chi connectivity index (χ0) is 19.8. The van der Waals surface area contributed by atoms with Gasteiger partial charge in [0, 0.05) is 15.7 Å². The average molecular weight is 435 g/mol. The Morgan fingerprint density at radius 3 is 2.43 bits per heavy atom. The minimum atomic E-state index is -0.405. The molecule has 3 amide bonds. The van der Waals surface area contributed by atoms with Crippen LogP contribution in [-0.2, 0) is 0 Å². The number of para-hydroxylation sites is 1. The monoisotopic (exact) mass is 434 g/mol. The summed E-state index contributed by atoms with van der Waals surface area (Å²) in [5, 5.41) is 2.86. The molecule has 0 fully saturated rings. The zero-order valence-electron chi connectivity index (χ0n) is 14.9. The van der Waals surface area contributed by atoms with Gasteiger partial charge in [-0.05, 0) is 55.0 Å². The summed E-state index contributed by atoms with van der Waals surface area (Å²) in [5.41, 5.74) is 3.07. The normalized spacial score (nSPS) is 12.9. The van der Waals surface area contributed by atoms with E-state index in [2.05, 4.69) is 21.2 Å². The van der Waals surface area contributed by atoms with Crippen LogP contribution in [0.2, 0.25) is 0 Å². The lowest BCUT2D eigenvalue weighted by Crippen LogP contribution is -2.29. The van der Waals surface area contributed by atoms with Crippen LogP contribution in [0.1, 0.15) is 36.6 Å². The van der Waals surface area contributed by atoms with Crippen LogP contribution in [0.25, 0.3) is 0 Å². The summed E-state index contributed by atoms with van der Waals surface area (Å²) in [4.78, 5) is 39.2. The number of amides is 3. The highest BCUT2D eigenvalue weighted by Gasteiger charge is 2.36. The number of aryl methyl sites for hydroxylation is 1. The summed E-state index contributed by atoms with van der Waals surface area (Å²) >= 11 is 3.32. The quantitative estimate of drug-likeness (QED) is 0.601. The van der Waals surface area contributed by atoms with E-state index >= 15 is 0 Å². The van der Waals surface area contributed by atoms with Gasteiger partial charge in [0.15, 0.2) is 0 Å². The Labute approximate surface area is 170 Å². The fourth-order valence-electron chi connectivity index (χ4n) is 3.14. The molecule has 1 aliphatic rings. The third-order valence-electron chi connectivity index (χ3n) is 4.61. The van der Waals surface area contributed by atoms with E-state index in [9.17, 15) is 14.4 Å². The topological polar surface area (TPSA) is 66.5 Å². The molecule has 0 radical (unpaired) electrons. The number of nitrogens with zero attached hydrogens (tertiary/aromatic N) is 1. The Morgan fingerprint density at radius 2 is 1.64 bits per heavy atom. The predicted molar refractivity (Wildman–Crippen MR) is 111 cm³/mol. The Hall–Kier alpha value is -3.25. The van der Waals surface area contributed by atoms with Gasteiger partial charge in [0.05, 0.1) is 16.8 Å². The molecule has 5 nitrogen and oxygen atoms in total. The lowest BCUT2D eigenvalue weighted by molar-refractivity contribution is 0.0924. The van der Waals surface area contributed by atoms with Gasteiger partial charge in [-0.3, -0.25) is 14.4 Å². The minimum Gasteiger partial charge on any atom is -0.322 e. The van der Waals surface area contributed by atoms with Gasteiger partial charge < -0.3 is 5.32 Å². The highest BCUT2D eigenvalue weighted by Crippen LogP contribution is 2.30. The number of halogens is 1. The van der Waals surface area contributed by atoms with Crippen LogP contribution < -0.4 is 10.2 Å². The number of hydrogen-bond acceptors (Lipinski definition) is 3. The molecule has 0 unspecified atom stereocenters. The van der Waals surface area contributed by atoms with Crippen LogP contribution >= 0.6 is 15.9 Å². The van der Waals surface area contributed by atoms with Gasteiger partial charge in [-0.15, -0.1) is 0 Å². The second kappa shape index (κ2) is 7.05. The van der Waals surface area contributed by atoms with Crippen molar-refractivity contribution in [3.8, 4) is 0 Å². The Morgan fingerprint density at radius 1 is 0.893 bits per heavy atom. The number of hydrogen-bond donors (Lipinski definition) is 1. The van der Waals surface area contributed by atoms with Crippen LogP contribution in [0.3, 0.4) is 0 Å². The highest BCUT2D eigenvalue weighted by atomic mass is 79.9. The molecule has 0 aromatic heterocycles. The highest BCUT2D eigenvalue weighted by molar-refractivity contribution is 9.10. The largest absolute Gasteiger partial charge is 0.322 e. The van der Waals surface area contributed by atoms with Crippen molar-refractivity contribution in [1.29, 1.82) is 0 Å². The average Bonchev–Trinajstić information content (AvgIpc) is 2.93. The van der Waals surface area contributed by atoms with Crippen molar-refractivity contribution in [2.24, 2.45) is 0 Å². The molecule has 1 heterocycles. The van der Waals surface area contributed by atoms with Crippen molar-refractivity contribution in [1.82, 2.24) is 0 Å². The molecule has 0 saturated heterocycles. The van der Waals surface area contributed by atoms with Gasteiger partial charge >= 0.3 is 0 Å². The number of benzene rings is 3. The molecule has 6 heteroatoms. The molecular formula is C22H15BrN2O3. The van der Waals surface area contributed by atoms with Crippen molar-refractivity contribution < 1.29 is 14.4 Å². The smallest absolute Gasteiger partial charge is 0.266 e. The summed E-state index contributed by atoms with van der Waals surface area (Å²) in [6.45, 7) is 1.91. The van der Waals surface area contributed by atoms with Gasteiger partial charge in [-0.25, -0.2) is 4.90 Å². The van der Waals surface area contributed by atoms with Crippen molar-refractivity contribution in [3.63, 3.8) is 0 Å². The number of anilines is 2. The molecule has 0 atom stereocenters. The lowest BCUT2D eigenvalue weighted by atomic mass is 10.1. The predicted octanol–water partition coefficient (Wildman–Crippen LogP) is 4.81. The van der Waals surface area contributed by atoms with Gasteiger partial charge in [0.2, 0.25) is 0 Å². The number of fused-ring (bicyclic) bond motifs is 1. The van der Waals surface area contributed by atoms with Gasteiger partial charge in [0.25, 0.3) is 17.7 Å². The maximum absolute atomic E-state index is 12.8. The zero-order valence-corrected chi connectivity index (χ0v) is 16.5. The van der Waals surface area contributed by atoms with Crippen molar-refractivity contribution >= 4 is 45.0 Å². The SMILES string of the molecule is Cc1ccccc1NC(=O)c1cccc(N2C(=O)c3ccc(Br)cc3C2=O)c1. The first-order valence-corrected chi connectivity index (χ1v) is 9.40. The molecule has 0 aliphatic carbocycles. The first-order valence-electron chi connectivity index (χ1n) is 8.61. The number of imide groups is 1. The first kappa shape index (κ1) is 18.1. The molecule has 1 N–H and O–H groups in total. The Kier molecular flexibility index (Phi) is 4.57. The lowest BCUT2D eigenvalue weighted by Gasteiger charge is -2.15. The van der Waals surface area contributed by atoms with Gasteiger partial charge in [-0.1, -0.05) is 40.2 Å². The Balaban J connectivity index is 1.65. The molecule has 138 valence electrons. The number of carbonyl (C=O) groups is 3. The van der Waals surface area contributed by atoms with E-state index in [0.29, 0.717) is 28.1 Å². The molecule has 1 aliphatic heterocycles. The van der Waals surface area contributed by atoms with Crippen molar-refractivity contribution in [2.75, 3.05) is 10.2 Å². The van der Waals surface area contributed by atoms with Gasteiger partial charge in [0.1, 0.15) is 0 Å². The summed E-state index contributed by atoms with van der Waals surface area (Å²) in [7, 11) is 0. The molecule has 28 heavy (non-hydrogen) atoms. The third-order valence-corrected chi connectivity index (χ3v) is 5.10. The van der Waals surface area contributed by atoms with Gasteiger partial charge in [-0.2, -0.15) is 0 Å². The second-order valence-electron chi connectivity index (χ2n) is 6.45. The van der Waals surface area contributed by atoms with Crippen molar-refractivity contribution in [3.05, 3.63) is 93.5 Å². The maximum atomic E-state index is 12.8. The van der Waals surface area contributed by atoms with E-state index in [1.54, 1.807) is 42.5 Å². The molecule has 3 aromatic carbocycles. The fourth-order valence-corrected chi connectivity index (χ4v) is 3.50. The molecule has 4 rings (SSSR count). The van der Waals surface area contributed by atoms with Crippen LogP contribution in [-0.4, -0.2) is 17.7 Å². The van der Waals surface area contributed by atoms with E-state index in [4.69, 9.17) is 0 Å². The third kappa shape index (κ3) is 3.12. The molecule has 0 spiro atoms. The van der Waals surface area contributed by atoms with E-state index in [0.717, 1.165) is 14.9 Å². The van der Waals surface area contributed by atoms with Crippen LogP contribution in [0.4, 0.5) is 11.4 Å². The van der Waals surface area contributed by atoms with Crippen LogP contribution in [0, 0.1) is 6.92 Å². The Bertz CT molecular complexity index is 1140. The molecule has 0 saturated carbocycles. The summed E-state index contributed by atoms with van der Waals surface area (Å²) in [5.74, 6) is -1.11. The summed E-state index contributed by atoms with van der Waals surface area (Å²) < 4.78 is 0.723. The summed E-state index contributed by atoms with van der Waals surface area (Å²) in [6.07, 6.45) is 0. The standard InChI is InChI=1S/C22H15BrN2O3/c1-13-5-2-3-8-19(13)24-20(26)14-6-4-7-16(11-14)25-21(27)17-10-9-15(23)12-18(17)22(25)28/h2-12H,1H3,(H,24,26). The van der Waals surface area contributed by atoms with Crippen molar-refractivity contribution in [2.45, 2.75) is 6.92 Å². The van der Waals surface area contributed by atoms with E-state index in [-0.39, 0.29) is 5.91 Å². The van der Waals surface area contributed by atoms with Crippen LogP contribution in [0.15, 0.2) is 71.2 Å². The minimum absolute atomic E-state index is 0.310. The van der Waals surface area contributed by atoms with E-state index in [1.165, 1.54) is 0 Å². The molecule has 3 aromatic rings. The van der Waals surface area contributed by atoms with E-state index in [1.807, 2.05) is 31.2 Å². The van der Waals surface area contributed by atoms with E-state index < -0.39 is 11.8 Å². The second-order valence-corrected chi connectivity index (χ2v) is 7.37. The van der Waals surface area contributed by atoms with Crippen LogP contribution in [0.5, 0.6) is 0 Å². The number of carbonyl (C=O) groups excluding carboxylic acids is 3.